The van der Waals surface area contributed by atoms with Gasteiger partial charge in [0.05, 0.1) is 0 Å². The number of hydrogen-bond acceptors (Lipinski definition) is 4. The van der Waals surface area contributed by atoms with Gasteiger partial charge in [0.2, 0.25) is 0 Å². The Labute approximate surface area is 156 Å². The number of carbonyl (C=O) groups is 2. The van der Waals surface area contributed by atoms with Gasteiger partial charge in [-0.05, 0) is 30.8 Å². The van der Waals surface area contributed by atoms with E-state index in [1.807, 2.05) is 26.8 Å². The van der Waals surface area contributed by atoms with E-state index in [1.165, 1.54) is 13.8 Å². The Morgan fingerprint density at radius 2 is 1.38 bits per heavy atom. The Bertz CT molecular complexity index is 737. The summed E-state index contributed by atoms with van der Waals surface area (Å²) in [4.78, 5) is 26.1. The molecule has 4 aliphatic carbocycles. The topological polar surface area (TPSA) is 74.6 Å². The highest BCUT2D eigenvalue weighted by atomic mass is 16.3. The molecule has 0 aliphatic heterocycles. The molecule has 0 heterocycles. The summed E-state index contributed by atoms with van der Waals surface area (Å²) in [7, 11) is 0. The van der Waals surface area contributed by atoms with Gasteiger partial charge in [0, 0.05) is 23.7 Å². The molecule has 2 bridgehead atoms. The molecule has 0 radical (unpaired) electrons. The molecule has 4 heteroatoms. The van der Waals surface area contributed by atoms with Crippen molar-refractivity contribution in [2.24, 2.45) is 34.5 Å². The molecule has 0 aromatic rings. The first-order chi connectivity index (χ1) is 11.5. The summed E-state index contributed by atoms with van der Waals surface area (Å²) in [5.41, 5.74) is -1.76. The predicted octanol–water partition coefficient (Wildman–Crippen LogP) is 3.08. The second-order valence-electron chi connectivity index (χ2n) is 10.8. The third-order valence-corrected chi connectivity index (χ3v) is 6.78. The van der Waals surface area contributed by atoms with Crippen LogP contribution in [0.1, 0.15) is 55.4 Å². The number of carbonyl (C=O) groups excluding carboxylic acids is 2. The average molecular weight is 360 g/mol. The number of ketones is 2. The van der Waals surface area contributed by atoms with Crippen LogP contribution < -0.4 is 0 Å². The van der Waals surface area contributed by atoms with Crippen LogP contribution in [0, 0.1) is 34.5 Å². The minimum atomic E-state index is -1.59. The average Bonchev–Trinajstić information content (AvgIpc) is 2.44. The van der Waals surface area contributed by atoms with Gasteiger partial charge in [-0.15, -0.1) is 0 Å². The van der Waals surface area contributed by atoms with Crippen molar-refractivity contribution < 1.29 is 19.8 Å². The van der Waals surface area contributed by atoms with Crippen molar-refractivity contribution in [3.8, 4) is 0 Å². The Balaban J connectivity index is 2.33. The number of rotatable bonds is 0. The van der Waals surface area contributed by atoms with E-state index in [2.05, 4.69) is 20.8 Å². The number of aliphatic hydroxyl groups is 2. The molecule has 4 rings (SSSR count). The zero-order valence-corrected chi connectivity index (χ0v) is 17.2. The first kappa shape index (κ1) is 19.5. The Hall–Kier alpha value is -1.26. The summed E-state index contributed by atoms with van der Waals surface area (Å²) in [5, 5.41) is 22.1. The van der Waals surface area contributed by atoms with E-state index in [9.17, 15) is 19.8 Å². The fourth-order valence-electron chi connectivity index (χ4n) is 5.37. The monoisotopic (exact) mass is 360 g/mol. The molecule has 1 fully saturated rings. The van der Waals surface area contributed by atoms with Crippen molar-refractivity contribution in [3.63, 3.8) is 0 Å². The highest BCUT2D eigenvalue weighted by Gasteiger charge is 2.67. The largest absolute Gasteiger partial charge is 0.382 e. The van der Waals surface area contributed by atoms with E-state index >= 15 is 0 Å². The molecule has 4 aliphatic rings. The number of allylic oxidation sites excluding steroid dienone is 2. The van der Waals surface area contributed by atoms with Gasteiger partial charge in [0.25, 0.3) is 0 Å². The molecule has 0 saturated heterocycles. The van der Waals surface area contributed by atoms with E-state index < -0.39 is 29.0 Å². The third-order valence-electron chi connectivity index (χ3n) is 6.78. The quantitative estimate of drug-likeness (QED) is 0.651. The highest BCUT2D eigenvalue weighted by Crippen LogP contribution is 2.62. The van der Waals surface area contributed by atoms with Gasteiger partial charge in [0.15, 0.2) is 11.6 Å². The van der Waals surface area contributed by atoms with Crippen molar-refractivity contribution in [3.05, 3.63) is 23.3 Å². The van der Waals surface area contributed by atoms with Crippen molar-refractivity contribution in [1.29, 1.82) is 0 Å². The molecule has 6 atom stereocenters. The SMILES string of the molecule is CC(C)(C)C1=CC2C3C(C(C(C)(C)C)=CC(=O)[C@@]3(C)O)C1C(=O)C2(C)O. The summed E-state index contributed by atoms with van der Waals surface area (Å²) in [6.07, 6.45) is 3.53. The molecule has 0 spiro atoms. The Morgan fingerprint density at radius 1 is 0.885 bits per heavy atom. The lowest BCUT2D eigenvalue weighted by atomic mass is 9.43. The van der Waals surface area contributed by atoms with Crippen LogP contribution in [0.15, 0.2) is 23.3 Å². The van der Waals surface area contributed by atoms with Crippen LogP contribution in [0.25, 0.3) is 0 Å². The third kappa shape index (κ3) is 2.41. The standard InChI is InChI=1S/C22H32O4/c1-19(2,3)11-9-13-17-15(16(11)18(24)21(13,7)25)12(20(4,5)6)10-14(23)22(17,8)26/h9-10,13,15-17,25-26H,1-8H3/t13?,15?,16?,17?,21?,22-/m1/s1. The van der Waals surface area contributed by atoms with Crippen LogP contribution in [0.3, 0.4) is 0 Å². The minimum absolute atomic E-state index is 0.184. The summed E-state index contributed by atoms with van der Waals surface area (Å²) in [5.74, 6) is -2.37. The molecule has 0 amide bonds. The maximum Gasteiger partial charge on any atom is 0.187 e. The lowest BCUT2D eigenvalue weighted by Crippen LogP contribution is -2.69. The van der Waals surface area contributed by atoms with Crippen molar-refractivity contribution >= 4 is 11.6 Å². The molecule has 0 aromatic heterocycles. The molecule has 144 valence electrons. The van der Waals surface area contributed by atoms with Crippen LogP contribution in [0.5, 0.6) is 0 Å². The summed E-state index contributed by atoms with van der Waals surface area (Å²) in [6, 6.07) is 0. The Kier molecular flexibility index (Phi) is 3.88. The minimum Gasteiger partial charge on any atom is -0.382 e. The molecule has 0 aromatic carbocycles. The molecular weight excluding hydrogens is 328 g/mol. The van der Waals surface area contributed by atoms with Crippen LogP contribution in [-0.2, 0) is 9.59 Å². The molecule has 5 unspecified atom stereocenters. The summed E-state index contributed by atoms with van der Waals surface area (Å²) in [6.45, 7) is 15.4. The van der Waals surface area contributed by atoms with Crippen LogP contribution in [-0.4, -0.2) is 33.0 Å². The van der Waals surface area contributed by atoms with Crippen molar-refractivity contribution in [2.45, 2.75) is 66.6 Å². The second kappa shape index (κ2) is 5.17. The van der Waals surface area contributed by atoms with E-state index in [0.29, 0.717) is 0 Å². The van der Waals surface area contributed by atoms with Gasteiger partial charge in [-0.3, -0.25) is 9.59 Å². The van der Waals surface area contributed by atoms with Gasteiger partial charge in [-0.25, -0.2) is 0 Å². The maximum atomic E-state index is 13.3. The zero-order valence-electron chi connectivity index (χ0n) is 17.2. The van der Waals surface area contributed by atoms with Gasteiger partial charge in [-0.2, -0.15) is 0 Å². The van der Waals surface area contributed by atoms with Crippen LogP contribution >= 0.6 is 0 Å². The summed E-state index contributed by atoms with van der Waals surface area (Å²) < 4.78 is 0. The molecule has 26 heavy (non-hydrogen) atoms. The molecular formula is C22H32O4. The highest BCUT2D eigenvalue weighted by molar-refractivity contribution is 6.02. The summed E-state index contributed by atoms with van der Waals surface area (Å²) >= 11 is 0. The predicted molar refractivity (Wildman–Crippen MR) is 100 cm³/mol. The molecule has 1 saturated carbocycles. The van der Waals surface area contributed by atoms with Crippen LogP contribution in [0.2, 0.25) is 0 Å². The normalized spacial score (nSPS) is 43.2. The smallest absolute Gasteiger partial charge is 0.187 e. The molecule has 4 nitrogen and oxygen atoms in total. The fraction of sp³-hybridized carbons (Fsp3) is 0.727. The maximum absolute atomic E-state index is 13.3. The van der Waals surface area contributed by atoms with Crippen molar-refractivity contribution in [1.82, 2.24) is 0 Å². The Morgan fingerprint density at radius 3 is 1.85 bits per heavy atom. The zero-order chi connectivity index (χ0) is 20.0. The lowest BCUT2D eigenvalue weighted by Gasteiger charge is -2.61. The molecule has 2 N–H and O–H groups in total. The van der Waals surface area contributed by atoms with Gasteiger partial charge < -0.3 is 10.2 Å². The van der Waals surface area contributed by atoms with Crippen molar-refractivity contribution in [2.75, 3.05) is 0 Å². The lowest BCUT2D eigenvalue weighted by molar-refractivity contribution is -0.179. The van der Waals surface area contributed by atoms with Gasteiger partial charge >= 0.3 is 0 Å². The van der Waals surface area contributed by atoms with E-state index in [4.69, 9.17) is 0 Å². The first-order valence-electron chi connectivity index (χ1n) is 9.50. The number of Topliss-reactive ketones (excluding diaryl/α,β-unsaturated/α-hetero) is 1. The van der Waals surface area contributed by atoms with Crippen LogP contribution in [0.4, 0.5) is 0 Å². The van der Waals surface area contributed by atoms with E-state index in [1.54, 1.807) is 6.08 Å². The van der Waals surface area contributed by atoms with Gasteiger partial charge in [-0.1, -0.05) is 58.8 Å². The fourth-order valence-corrected chi connectivity index (χ4v) is 5.37. The first-order valence-corrected chi connectivity index (χ1v) is 9.50. The number of fused-ring (bicyclic) bond motifs is 1. The second-order valence-corrected chi connectivity index (χ2v) is 10.8. The van der Waals surface area contributed by atoms with E-state index in [-0.39, 0.29) is 28.3 Å². The number of hydrogen-bond donors (Lipinski definition) is 2. The van der Waals surface area contributed by atoms with Gasteiger partial charge in [0.1, 0.15) is 11.2 Å². The van der Waals surface area contributed by atoms with E-state index in [0.717, 1.165) is 11.1 Å².